The summed E-state index contributed by atoms with van der Waals surface area (Å²) in [5.41, 5.74) is 6.40. The molecule has 7 nitrogen and oxygen atoms in total. The molecule has 2 rings (SSSR count). The Bertz CT molecular complexity index is 674. The van der Waals surface area contributed by atoms with E-state index in [1.807, 2.05) is 24.3 Å². The third kappa shape index (κ3) is 3.91. The minimum Gasteiger partial charge on any atom is -0.497 e. The Morgan fingerprint density at radius 2 is 2.09 bits per heavy atom. The highest BCUT2D eigenvalue weighted by atomic mass is 16.6. The average molecular weight is 304 g/mol. The second-order valence-electron chi connectivity index (χ2n) is 5.70. The molecule has 0 saturated carbocycles. The predicted molar refractivity (Wildman–Crippen MR) is 84.4 cm³/mol. The number of ether oxygens (including phenoxy) is 2. The molecular formula is C15H20N4O3. The van der Waals surface area contributed by atoms with Crippen LogP contribution in [-0.4, -0.2) is 28.6 Å². The van der Waals surface area contributed by atoms with Gasteiger partial charge in [-0.05, 0) is 32.9 Å². The van der Waals surface area contributed by atoms with Crippen molar-refractivity contribution in [3.05, 3.63) is 30.5 Å². The first kappa shape index (κ1) is 15.7. The van der Waals surface area contributed by atoms with Crippen molar-refractivity contribution in [2.75, 3.05) is 18.2 Å². The number of nitrogens with one attached hydrogen (secondary N) is 1. The summed E-state index contributed by atoms with van der Waals surface area (Å²) in [5, 5.41) is 6.76. The van der Waals surface area contributed by atoms with Gasteiger partial charge in [-0.15, -0.1) is 5.10 Å². The van der Waals surface area contributed by atoms with Crippen LogP contribution in [0.5, 0.6) is 5.75 Å². The van der Waals surface area contributed by atoms with E-state index in [0.717, 1.165) is 5.69 Å². The molecular weight excluding hydrogens is 284 g/mol. The van der Waals surface area contributed by atoms with Gasteiger partial charge < -0.3 is 15.2 Å². The Balaban J connectivity index is 2.19. The van der Waals surface area contributed by atoms with Gasteiger partial charge in [-0.3, -0.25) is 5.32 Å². The summed E-state index contributed by atoms with van der Waals surface area (Å²) >= 11 is 0. The average Bonchev–Trinajstić information content (AvgIpc) is 2.78. The largest absolute Gasteiger partial charge is 0.497 e. The van der Waals surface area contributed by atoms with E-state index in [2.05, 4.69) is 10.4 Å². The van der Waals surface area contributed by atoms with Crippen molar-refractivity contribution in [3.8, 4) is 11.4 Å². The van der Waals surface area contributed by atoms with E-state index in [-0.39, 0.29) is 5.82 Å². The molecule has 2 aromatic rings. The van der Waals surface area contributed by atoms with Gasteiger partial charge in [0.05, 0.1) is 19.0 Å². The number of nitrogens with two attached hydrogens (primary N) is 1. The Morgan fingerprint density at radius 1 is 1.36 bits per heavy atom. The van der Waals surface area contributed by atoms with Crippen LogP contribution < -0.4 is 15.8 Å². The van der Waals surface area contributed by atoms with E-state index in [4.69, 9.17) is 15.2 Å². The highest BCUT2D eigenvalue weighted by Gasteiger charge is 2.18. The zero-order chi connectivity index (χ0) is 16.3. The second kappa shape index (κ2) is 5.97. The molecule has 22 heavy (non-hydrogen) atoms. The normalized spacial score (nSPS) is 11.1. The van der Waals surface area contributed by atoms with E-state index in [1.165, 1.54) is 0 Å². The third-order valence-electron chi connectivity index (χ3n) is 2.70. The van der Waals surface area contributed by atoms with E-state index in [1.54, 1.807) is 38.8 Å². The zero-order valence-corrected chi connectivity index (χ0v) is 13.1. The molecule has 118 valence electrons. The number of nitrogen functional groups attached to an aromatic ring is 1. The quantitative estimate of drug-likeness (QED) is 0.909. The van der Waals surface area contributed by atoms with E-state index in [0.29, 0.717) is 11.4 Å². The fourth-order valence-electron chi connectivity index (χ4n) is 1.78. The van der Waals surface area contributed by atoms with Gasteiger partial charge in [-0.1, -0.05) is 6.07 Å². The molecule has 0 atom stereocenters. The molecule has 0 unspecified atom stereocenters. The molecule has 0 aliphatic heterocycles. The van der Waals surface area contributed by atoms with Crippen LogP contribution in [0.4, 0.5) is 16.3 Å². The molecule has 1 aromatic heterocycles. The number of rotatable bonds is 3. The lowest BCUT2D eigenvalue weighted by Crippen LogP contribution is -2.27. The molecule has 0 spiro atoms. The van der Waals surface area contributed by atoms with Crippen LogP contribution in [-0.2, 0) is 4.74 Å². The second-order valence-corrected chi connectivity index (χ2v) is 5.70. The Kier molecular flexibility index (Phi) is 4.25. The molecule has 1 amide bonds. The van der Waals surface area contributed by atoms with Crippen molar-refractivity contribution in [3.63, 3.8) is 0 Å². The number of benzene rings is 1. The number of nitrogens with zero attached hydrogens (tertiary/aromatic N) is 2. The Labute approximate surface area is 129 Å². The topological polar surface area (TPSA) is 91.4 Å². The lowest BCUT2D eigenvalue weighted by molar-refractivity contribution is 0.0636. The van der Waals surface area contributed by atoms with Gasteiger partial charge >= 0.3 is 6.09 Å². The van der Waals surface area contributed by atoms with Crippen LogP contribution in [0.25, 0.3) is 5.69 Å². The van der Waals surface area contributed by atoms with Crippen molar-refractivity contribution in [1.29, 1.82) is 0 Å². The molecule has 0 fully saturated rings. The fraction of sp³-hybridized carbons (Fsp3) is 0.333. The van der Waals surface area contributed by atoms with Crippen molar-refractivity contribution >= 4 is 17.6 Å². The van der Waals surface area contributed by atoms with E-state index >= 15 is 0 Å². The van der Waals surface area contributed by atoms with Crippen LogP contribution in [0.15, 0.2) is 30.5 Å². The molecule has 7 heteroatoms. The van der Waals surface area contributed by atoms with Crippen molar-refractivity contribution in [2.24, 2.45) is 0 Å². The van der Waals surface area contributed by atoms with Gasteiger partial charge in [0.25, 0.3) is 0 Å². The molecule has 0 saturated heterocycles. The molecule has 0 aliphatic rings. The summed E-state index contributed by atoms with van der Waals surface area (Å²) in [6, 6.07) is 7.33. The summed E-state index contributed by atoms with van der Waals surface area (Å²) in [5.74, 6) is 0.905. The number of amides is 1. The zero-order valence-electron chi connectivity index (χ0n) is 13.1. The van der Waals surface area contributed by atoms with Crippen LogP contribution in [0.2, 0.25) is 0 Å². The summed E-state index contributed by atoms with van der Waals surface area (Å²) in [7, 11) is 1.59. The first-order chi connectivity index (χ1) is 10.3. The van der Waals surface area contributed by atoms with Gasteiger partial charge in [0.2, 0.25) is 0 Å². The maximum atomic E-state index is 11.8. The van der Waals surface area contributed by atoms with Gasteiger partial charge in [0.15, 0.2) is 5.82 Å². The Morgan fingerprint density at radius 3 is 2.73 bits per heavy atom. The highest BCUT2D eigenvalue weighted by Crippen LogP contribution is 2.22. The van der Waals surface area contributed by atoms with E-state index < -0.39 is 11.7 Å². The SMILES string of the molecule is COc1cccc(-n2cc(NC(=O)OC(C)(C)C)c(N)n2)c1. The number of aromatic nitrogens is 2. The van der Waals surface area contributed by atoms with E-state index in [9.17, 15) is 4.79 Å². The molecule has 1 aromatic carbocycles. The van der Waals surface area contributed by atoms with Crippen LogP contribution in [0.3, 0.4) is 0 Å². The number of hydrogen-bond donors (Lipinski definition) is 2. The summed E-state index contributed by atoms with van der Waals surface area (Å²) < 4.78 is 11.9. The number of methoxy groups -OCH3 is 1. The van der Waals surface area contributed by atoms with Gasteiger partial charge in [-0.25, -0.2) is 9.48 Å². The number of hydrogen-bond acceptors (Lipinski definition) is 5. The monoisotopic (exact) mass is 304 g/mol. The van der Waals surface area contributed by atoms with Gasteiger partial charge in [0.1, 0.15) is 17.0 Å². The minimum absolute atomic E-state index is 0.202. The molecule has 0 aliphatic carbocycles. The molecule has 0 bridgehead atoms. The lowest BCUT2D eigenvalue weighted by atomic mass is 10.2. The maximum absolute atomic E-state index is 11.8. The summed E-state index contributed by atoms with van der Waals surface area (Å²) in [6.07, 6.45) is 1.04. The van der Waals surface area contributed by atoms with Crippen molar-refractivity contribution < 1.29 is 14.3 Å². The maximum Gasteiger partial charge on any atom is 0.412 e. The van der Waals surface area contributed by atoms with Gasteiger partial charge in [-0.2, -0.15) is 0 Å². The molecule has 3 N–H and O–H groups in total. The summed E-state index contributed by atoms with van der Waals surface area (Å²) in [6.45, 7) is 5.36. The smallest absolute Gasteiger partial charge is 0.412 e. The first-order valence-electron chi connectivity index (χ1n) is 6.78. The standard InChI is InChI=1S/C15H20N4O3/c1-15(2,3)22-14(20)17-12-9-19(18-13(12)16)10-6-5-7-11(8-10)21-4/h5-9H,1-4H3,(H2,16,18)(H,17,20). The van der Waals surface area contributed by atoms with Crippen molar-refractivity contribution in [2.45, 2.75) is 26.4 Å². The number of carbonyl (C=O) groups is 1. The Hall–Kier alpha value is -2.70. The summed E-state index contributed by atoms with van der Waals surface area (Å²) in [4.78, 5) is 11.8. The molecule has 0 radical (unpaired) electrons. The molecule has 1 heterocycles. The lowest BCUT2D eigenvalue weighted by Gasteiger charge is -2.19. The number of anilines is 2. The van der Waals surface area contributed by atoms with Crippen LogP contribution >= 0.6 is 0 Å². The van der Waals surface area contributed by atoms with Crippen LogP contribution in [0, 0.1) is 0 Å². The third-order valence-corrected chi connectivity index (χ3v) is 2.70. The van der Waals surface area contributed by atoms with Gasteiger partial charge in [0, 0.05) is 6.07 Å². The van der Waals surface area contributed by atoms with Crippen LogP contribution in [0.1, 0.15) is 20.8 Å². The first-order valence-corrected chi connectivity index (χ1v) is 6.78. The minimum atomic E-state index is -0.582. The highest BCUT2D eigenvalue weighted by molar-refractivity contribution is 5.88. The number of carbonyl (C=O) groups excluding carboxylic acids is 1. The fourth-order valence-corrected chi connectivity index (χ4v) is 1.78. The van der Waals surface area contributed by atoms with Crippen molar-refractivity contribution in [1.82, 2.24) is 9.78 Å². The predicted octanol–water partition coefficient (Wildman–Crippen LogP) is 2.81.